The SMILES string of the molecule is O=C(Oc1ccc(C#CCOCCCCCCCCCOCC2CO2)cc1)c1ccc(C#CCOCCCCCCCCCCCC2CO2)cc1. The van der Waals surface area contributed by atoms with Crippen molar-refractivity contribution in [1.29, 1.82) is 0 Å². The third kappa shape index (κ3) is 21.1. The quantitative estimate of drug-likeness (QED) is 0.0288. The molecule has 278 valence electrons. The molecule has 2 aliphatic heterocycles. The zero-order valence-electron chi connectivity index (χ0n) is 30.8. The van der Waals surface area contributed by atoms with Gasteiger partial charge < -0.3 is 28.4 Å². The van der Waals surface area contributed by atoms with E-state index in [9.17, 15) is 4.79 Å². The second-order valence-electron chi connectivity index (χ2n) is 13.6. The summed E-state index contributed by atoms with van der Waals surface area (Å²) < 4.78 is 32.9. The first-order valence-corrected chi connectivity index (χ1v) is 19.6. The molecule has 0 bridgehead atoms. The average Bonchev–Trinajstić information content (AvgIpc) is 4.09. The molecule has 0 N–H and O–H groups in total. The molecule has 0 aliphatic carbocycles. The Kier molecular flexibility index (Phi) is 21.2. The lowest BCUT2D eigenvalue weighted by Crippen LogP contribution is -2.08. The summed E-state index contributed by atoms with van der Waals surface area (Å²) >= 11 is 0. The Labute approximate surface area is 307 Å². The van der Waals surface area contributed by atoms with Crippen LogP contribution in [0.3, 0.4) is 0 Å². The van der Waals surface area contributed by atoms with Gasteiger partial charge in [-0.25, -0.2) is 4.79 Å². The number of rotatable bonds is 28. The highest BCUT2D eigenvalue weighted by Gasteiger charge is 2.22. The highest BCUT2D eigenvalue weighted by molar-refractivity contribution is 5.91. The smallest absolute Gasteiger partial charge is 0.343 e. The second-order valence-corrected chi connectivity index (χ2v) is 13.6. The van der Waals surface area contributed by atoms with Crippen molar-refractivity contribution >= 4 is 5.97 Å². The minimum atomic E-state index is -0.408. The van der Waals surface area contributed by atoms with Crippen molar-refractivity contribution in [2.45, 2.75) is 121 Å². The van der Waals surface area contributed by atoms with Gasteiger partial charge in [-0.1, -0.05) is 107 Å². The predicted molar refractivity (Wildman–Crippen MR) is 202 cm³/mol. The normalized spacial score (nSPS) is 15.8. The molecule has 7 heteroatoms. The number of carbonyl (C=O) groups excluding carboxylic acids is 1. The predicted octanol–water partition coefficient (Wildman–Crippen LogP) is 9.09. The number of esters is 1. The van der Waals surface area contributed by atoms with E-state index < -0.39 is 5.97 Å². The molecule has 0 saturated carbocycles. The molecule has 4 rings (SSSR count). The van der Waals surface area contributed by atoms with Crippen LogP contribution in [0.4, 0.5) is 0 Å². The van der Waals surface area contributed by atoms with Gasteiger partial charge in [0, 0.05) is 30.9 Å². The first-order valence-electron chi connectivity index (χ1n) is 19.6. The van der Waals surface area contributed by atoms with E-state index >= 15 is 0 Å². The van der Waals surface area contributed by atoms with E-state index in [0.29, 0.717) is 36.7 Å². The number of ether oxygens (including phenoxy) is 6. The molecule has 0 spiro atoms. The number of unbranched alkanes of at least 4 members (excludes halogenated alkanes) is 14. The van der Waals surface area contributed by atoms with E-state index in [-0.39, 0.29) is 0 Å². The number of hydrogen-bond donors (Lipinski definition) is 0. The summed E-state index contributed by atoms with van der Waals surface area (Å²) in [5.41, 5.74) is 2.16. The van der Waals surface area contributed by atoms with Crippen LogP contribution in [0.2, 0.25) is 0 Å². The lowest BCUT2D eigenvalue weighted by molar-refractivity contribution is 0.0734. The fourth-order valence-electron chi connectivity index (χ4n) is 5.70. The fourth-order valence-corrected chi connectivity index (χ4v) is 5.70. The van der Waals surface area contributed by atoms with E-state index in [1.165, 1.54) is 89.9 Å². The molecule has 2 fully saturated rings. The van der Waals surface area contributed by atoms with Crippen LogP contribution in [0.1, 0.15) is 131 Å². The summed E-state index contributed by atoms with van der Waals surface area (Å²) in [7, 11) is 0. The van der Waals surface area contributed by atoms with Gasteiger partial charge in [0.25, 0.3) is 0 Å². The van der Waals surface area contributed by atoms with Crippen LogP contribution >= 0.6 is 0 Å². The Morgan fingerprint density at radius 2 is 0.980 bits per heavy atom. The maximum Gasteiger partial charge on any atom is 0.343 e. The molecule has 0 aromatic heterocycles. The van der Waals surface area contributed by atoms with Crippen molar-refractivity contribution in [3.05, 3.63) is 65.2 Å². The van der Waals surface area contributed by atoms with E-state index in [0.717, 1.165) is 70.0 Å². The molecular formula is C44H60O7. The molecule has 2 aromatic carbocycles. The van der Waals surface area contributed by atoms with Crippen LogP contribution in [0.25, 0.3) is 0 Å². The van der Waals surface area contributed by atoms with E-state index in [4.69, 9.17) is 28.4 Å². The van der Waals surface area contributed by atoms with Gasteiger partial charge in [0.15, 0.2) is 0 Å². The summed E-state index contributed by atoms with van der Waals surface area (Å²) in [5.74, 6) is 12.4. The van der Waals surface area contributed by atoms with Crippen molar-refractivity contribution < 1.29 is 33.2 Å². The monoisotopic (exact) mass is 700 g/mol. The van der Waals surface area contributed by atoms with Gasteiger partial charge >= 0.3 is 5.97 Å². The number of hydrogen-bond acceptors (Lipinski definition) is 7. The molecule has 7 nitrogen and oxygen atoms in total. The average molecular weight is 701 g/mol. The molecule has 2 saturated heterocycles. The van der Waals surface area contributed by atoms with Crippen molar-refractivity contribution in [2.75, 3.05) is 52.9 Å². The highest BCUT2D eigenvalue weighted by Crippen LogP contribution is 2.19. The Morgan fingerprint density at radius 1 is 0.549 bits per heavy atom. The van der Waals surface area contributed by atoms with Gasteiger partial charge in [0.05, 0.1) is 31.5 Å². The Bertz CT molecular complexity index is 1320. The number of epoxide rings is 2. The van der Waals surface area contributed by atoms with Crippen molar-refractivity contribution in [3.8, 4) is 29.4 Å². The fraction of sp³-hybridized carbons (Fsp3) is 0.614. The summed E-state index contributed by atoms with van der Waals surface area (Å²) in [5, 5.41) is 0. The third-order valence-electron chi connectivity index (χ3n) is 9.00. The van der Waals surface area contributed by atoms with Crippen molar-refractivity contribution in [2.24, 2.45) is 0 Å². The lowest BCUT2D eigenvalue weighted by Gasteiger charge is -2.04. The minimum absolute atomic E-state index is 0.370. The maximum atomic E-state index is 12.6. The second kappa shape index (κ2) is 26.6. The van der Waals surface area contributed by atoms with Gasteiger partial charge in [-0.15, -0.1) is 0 Å². The molecule has 2 aliphatic rings. The van der Waals surface area contributed by atoms with Crippen LogP contribution < -0.4 is 4.74 Å². The summed E-state index contributed by atoms with van der Waals surface area (Å²) in [6.45, 7) is 5.79. The van der Waals surface area contributed by atoms with E-state index in [1.54, 1.807) is 24.3 Å². The van der Waals surface area contributed by atoms with Crippen LogP contribution in [0, 0.1) is 23.7 Å². The van der Waals surface area contributed by atoms with Gasteiger partial charge in [-0.05, 0) is 74.2 Å². The van der Waals surface area contributed by atoms with Gasteiger partial charge in [-0.3, -0.25) is 0 Å². The summed E-state index contributed by atoms with van der Waals surface area (Å²) in [6.07, 6.45) is 22.3. The Morgan fingerprint density at radius 3 is 1.47 bits per heavy atom. The van der Waals surface area contributed by atoms with Crippen LogP contribution in [0.15, 0.2) is 48.5 Å². The van der Waals surface area contributed by atoms with Crippen LogP contribution in [-0.2, 0) is 23.7 Å². The zero-order chi connectivity index (χ0) is 35.4. The Balaban J connectivity index is 0.947. The molecule has 2 heterocycles. The largest absolute Gasteiger partial charge is 0.423 e. The van der Waals surface area contributed by atoms with Crippen LogP contribution in [-0.4, -0.2) is 71.0 Å². The standard InChI is InChI=1S/C44H60O7/c45-44(40-26-22-38(23-27-40)19-17-33-46-30-14-10-6-3-1-2-5-9-13-21-42-36-49-42)51-41-28-24-39(25-29-41)20-18-34-47-31-15-11-7-4-8-12-16-32-48-35-43-37-50-43/h22-29,42-43H,1-16,21,30-37H2. The summed E-state index contributed by atoms with van der Waals surface area (Å²) in [6, 6.07) is 14.3. The first kappa shape index (κ1) is 40.6. The van der Waals surface area contributed by atoms with E-state index in [2.05, 4.69) is 23.7 Å². The molecule has 0 amide bonds. The summed E-state index contributed by atoms with van der Waals surface area (Å²) in [4.78, 5) is 12.6. The van der Waals surface area contributed by atoms with Gasteiger partial charge in [0.1, 0.15) is 25.1 Å². The van der Waals surface area contributed by atoms with Gasteiger partial charge in [0.2, 0.25) is 0 Å². The van der Waals surface area contributed by atoms with Crippen molar-refractivity contribution in [1.82, 2.24) is 0 Å². The lowest BCUT2D eigenvalue weighted by atomic mass is 10.1. The molecule has 0 radical (unpaired) electrons. The molecule has 2 unspecified atom stereocenters. The van der Waals surface area contributed by atoms with Gasteiger partial charge in [-0.2, -0.15) is 0 Å². The molecule has 2 atom stereocenters. The highest BCUT2D eigenvalue weighted by atomic mass is 16.6. The van der Waals surface area contributed by atoms with Crippen molar-refractivity contribution in [3.63, 3.8) is 0 Å². The maximum absolute atomic E-state index is 12.6. The molecule has 2 aromatic rings. The molecular weight excluding hydrogens is 640 g/mol. The van der Waals surface area contributed by atoms with Crippen LogP contribution in [0.5, 0.6) is 5.75 Å². The number of benzene rings is 2. The number of carbonyl (C=O) groups is 1. The third-order valence-corrected chi connectivity index (χ3v) is 9.00. The van der Waals surface area contributed by atoms with E-state index in [1.807, 2.05) is 24.3 Å². The minimum Gasteiger partial charge on any atom is -0.423 e. The first-order chi connectivity index (χ1) is 25.3. The topological polar surface area (TPSA) is 79.1 Å². The molecule has 51 heavy (non-hydrogen) atoms. The zero-order valence-corrected chi connectivity index (χ0v) is 30.8. The Hall–Kier alpha value is -3.17.